The molecule has 3 atom stereocenters. The van der Waals surface area contributed by atoms with Crippen LogP contribution in [0.4, 0.5) is 11.4 Å². The smallest absolute Gasteiger partial charge is 0.257 e. The molecule has 7 rings (SSSR count). The van der Waals surface area contributed by atoms with Gasteiger partial charge in [0.25, 0.3) is 11.8 Å². The van der Waals surface area contributed by atoms with Crippen LogP contribution in [0.25, 0.3) is 5.32 Å². The Morgan fingerprint density at radius 3 is 2.28 bits per heavy atom. The van der Waals surface area contributed by atoms with Gasteiger partial charge in [-0.25, -0.2) is 4.98 Å². The molecule has 2 amide bonds. The Hall–Kier alpha value is -4.49. The van der Waals surface area contributed by atoms with Gasteiger partial charge in [0.1, 0.15) is 10.8 Å². The Kier molecular flexibility index (Phi) is 20.8. The van der Waals surface area contributed by atoms with Crippen molar-refractivity contribution in [3.63, 3.8) is 0 Å². The summed E-state index contributed by atoms with van der Waals surface area (Å²) in [7, 11) is 5.66. The Bertz CT molecular complexity index is 2220. The van der Waals surface area contributed by atoms with Crippen LogP contribution in [-0.4, -0.2) is 119 Å². The molecule has 4 aliphatic heterocycles. The molecule has 2 fully saturated rings. The van der Waals surface area contributed by atoms with Gasteiger partial charge in [0, 0.05) is 87.0 Å². The summed E-state index contributed by atoms with van der Waals surface area (Å²) in [6, 6.07) is 12.5. The first kappa shape index (κ1) is 53.1. The first-order valence-electron chi connectivity index (χ1n) is 21.0. The molecule has 3 aromatic rings. The Labute approximate surface area is 413 Å². The minimum atomic E-state index is -0.974. The number of rotatable bonds is 15. The molecule has 0 saturated carbocycles. The van der Waals surface area contributed by atoms with Crippen molar-refractivity contribution in [2.24, 2.45) is 4.99 Å². The number of methoxy groups -OCH3 is 1. The van der Waals surface area contributed by atoms with Crippen LogP contribution in [0.5, 0.6) is 17.2 Å². The molecule has 16 nitrogen and oxygen atoms in total. The summed E-state index contributed by atoms with van der Waals surface area (Å²) >= 11 is 0. The van der Waals surface area contributed by atoms with Crippen LogP contribution in [-0.2, 0) is 42.2 Å². The van der Waals surface area contributed by atoms with E-state index in [0.717, 1.165) is 48.9 Å². The molecule has 1 aromatic heterocycles. The molecule has 1 N–H and O–H groups in total. The van der Waals surface area contributed by atoms with Crippen molar-refractivity contribution in [3.05, 3.63) is 104 Å². The van der Waals surface area contributed by atoms with Gasteiger partial charge in [0.15, 0.2) is 18.5 Å². The van der Waals surface area contributed by atoms with E-state index in [1.165, 1.54) is 12.0 Å². The van der Waals surface area contributed by atoms with Gasteiger partial charge in [-0.05, 0) is 113 Å². The number of unbranched alkanes of at least 4 members (excludes halogenated alkanes) is 2. The molecule has 0 aliphatic carbocycles. The number of aliphatic hydroxyl groups is 1. The van der Waals surface area contributed by atoms with Crippen molar-refractivity contribution in [1.82, 2.24) is 14.8 Å². The Morgan fingerprint density at radius 1 is 0.969 bits per heavy atom. The third-order valence-corrected chi connectivity index (χ3v) is 13.8. The number of pyridine rings is 1. The number of benzene rings is 2. The normalized spacial score (nSPS) is 19.4. The number of carbonyl (C=O) groups excluding carboxylic acids is 3. The first-order valence-corrected chi connectivity index (χ1v) is 23.1. The zero-order chi connectivity index (χ0) is 46.4. The van der Waals surface area contributed by atoms with E-state index in [1.54, 1.807) is 58.0 Å². The fourth-order valence-electron chi connectivity index (χ4n) is 7.26. The first-order chi connectivity index (χ1) is 30.7. The number of aryl methyl sites for hydroxylation is 1. The van der Waals surface area contributed by atoms with Gasteiger partial charge in [-0.3, -0.25) is 24.7 Å². The minimum Gasteiger partial charge on any atom is -0.658 e. The summed E-state index contributed by atoms with van der Waals surface area (Å²) in [6.45, 7) is 13.8. The number of aliphatic hydroxyl groups excluding tert-OH is 1. The number of nitro groups is 1. The van der Waals surface area contributed by atoms with Gasteiger partial charge in [-0.2, -0.15) is 0 Å². The number of nitrogens with zero attached hydrogens (tertiary/aromatic N) is 6. The number of aromatic nitrogens is 1. The largest absolute Gasteiger partial charge is 0.658 e. The van der Waals surface area contributed by atoms with Crippen molar-refractivity contribution < 1.29 is 76.1 Å². The molecule has 1 radical (unpaired) electrons. The van der Waals surface area contributed by atoms with E-state index >= 15 is 0 Å². The van der Waals surface area contributed by atoms with Gasteiger partial charge in [0.05, 0.1) is 49.0 Å². The molecule has 0 bridgehead atoms. The summed E-state index contributed by atoms with van der Waals surface area (Å²) in [5.74, 6) is 1.60. The molecular formula is C46H56N6O10S2Y-2. The molecule has 2 saturated heterocycles. The fourth-order valence-corrected chi connectivity index (χ4v) is 9.29. The number of allylic oxidation sites excluding steroid dienone is 2. The van der Waals surface area contributed by atoms with Crippen LogP contribution in [0.2, 0.25) is 0 Å². The van der Waals surface area contributed by atoms with Gasteiger partial charge in [-0.15, -0.1) is 5.69 Å². The molecule has 0 spiro atoms. The number of ether oxygens (including phenoxy) is 4. The average molecular weight is 1010 g/mol. The standard InChI is InChI=1S/C35H42N4O6.C10H12NO2S2.CH3NO2.Y/c1-5-22-13-24-18-36-27-16-32(31(43-4)15-26(27)34(41)38(24)19-22)45-11-9-7-8-10-44-30-17-28-25(12-21(30)3)35(42)39-20-23(6-2)14-29(39)33(40)37-28;1-10(2,7-13-8-12)15-14-9-5-3-4-6-11-9;1-2(3)4;/h5-6,12,15-18,24,29,33,40H,7-11,13-14,19-20H2,1-4H3,(H,37,42);3-6H,7H2,1-2H3;1H3;/q;-1;;/p-1/t24-,29-,33?;;;/m0.../s1. The van der Waals surface area contributed by atoms with E-state index in [4.69, 9.17) is 24.3 Å². The number of fused-ring (bicyclic) bond motifs is 4. The second kappa shape index (κ2) is 25.4. The average Bonchev–Trinajstić information content (AvgIpc) is 3.87. The molecule has 19 heteroatoms. The number of carbonyl (C=O) groups is 2. The molecule has 5 heterocycles. The van der Waals surface area contributed by atoms with Crippen molar-refractivity contribution in [2.45, 2.75) is 94.8 Å². The van der Waals surface area contributed by atoms with Crippen LogP contribution >= 0.6 is 21.6 Å². The monoisotopic (exact) mass is 1010 g/mol. The predicted molar refractivity (Wildman–Crippen MR) is 249 cm³/mol. The van der Waals surface area contributed by atoms with E-state index in [9.17, 15) is 19.5 Å². The molecule has 1 unspecified atom stereocenters. The maximum Gasteiger partial charge on any atom is 0.257 e. The summed E-state index contributed by atoms with van der Waals surface area (Å²) in [6.07, 6.45) is 10.7. The Morgan fingerprint density at radius 2 is 1.63 bits per heavy atom. The molecule has 347 valence electrons. The summed E-state index contributed by atoms with van der Waals surface area (Å²) < 4.78 is 22.2. The number of hydrogen-bond acceptors (Lipinski definition) is 14. The van der Waals surface area contributed by atoms with Crippen LogP contribution in [0, 0.1) is 17.0 Å². The van der Waals surface area contributed by atoms with E-state index < -0.39 is 11.2 Å². The SMILES string of the molecule is CC(C)(CO[C-]=O)SSc1ccccn1.CC=C1C[C@H]2C=Nc3cc(OCCCCCOc4cc5c(cc4C)C(=O)N4CC(=CC)C[C@H]4C(O)[N-]5)c(OC)cc3C(=O)N2C1.C[N+](=O)[O-].[Y]. The van der Waals surface area contributed by atoms with Gasteiger partial charge < -0.3 is 44.0 Å². The second-order valence-electron chi connectivity index (χ2n) is 15.9. The molecular weight excluding hydrogens is 950 g/mol. The van der Waals surface area contributed by atoms with Gasteiger partial charge in [-0.1, -0.05) is 46.6 Å². The summed E-state index contributed by atoms with van der Waals surface area (Å²) in [4.78, 5) is 57.3. The van der Waals surface area contributed by atoms with Crippen LogP contribution in [0.15, 0.2) is 82.0 Å². The van der Waals surface area contributed by atoms with Crippen LogP contribution in [0.1, 0.15) is 86.1 Å². The minimum absolute atomic E-state index is 0. The zero-order valence-electron chi connectivity index (χ0n) is 37.9. The van der Waals surface area contributed by atoms with Crippen molar-refractivity contribution in [1.29, 1.82) is 0 Å². The maximum atomic E-state index is 13.3. The van der Waals surface area contributed by atoms with Crippen LogP contribution in [0.3, 0.4) is 0 Å². The molecule has 4 aliphatic rings. The summed E-state index contributed by atoms with van der Waals surface area (Å²) in [5, 5.41) is 25.0. The molecule has 65 heavy (non-hydrogen) atoms. The number of aliphatic imine (C=N–C) groups is 1. The third kappa shape index (κ3) is 14.8. The number of amides is 2. The van der Waals surface area contributed by atoms with E-state index in [0.29, 0.717) is 79.1 Å². The van der Waals surface area contributed by atoms with Gasteiger partial charge >= 0.3 is 0 Å². The van der Waals surface area contributed by atoms with E-state index in [2.05, 4.69) is 26.1 Å². The Balaban J connectivity index is 0.000000387. The predicted octanol–water partition coefficient (Wildman–Crippen LogP) is 8.58. The fraction of sp³-hybridized carbons (Fsp3) is 0.457. The van der Waals surface area contributed by atoms with Crippen molar-refractivity contribution in [2.75, 3.05) is 47.1 Å². The van der Waals surface area contributed by atoms with Crippen molar-refractivity contribution >= 4 is 57.5 Å². The van der Waals surface area contributed by atoms with Crippen molar-refractivity contribution in [3.8, 4) is 17.2 Å². The van der Waals surface area contributed by atoms with E-state index in [-0.39, 0.29) is 61.4 Å². The van der Waals surface area contributed by atoms with Crippen LogP contribution < -0.4 is 14.2 Å². The van der Waals surface area contributed by atoms with Gasteiger partial charge in [0.2, 0.25) is 0 Å². The quantitative estimate of drug-likeness (QED) is 0.0380. The molecule has 2 aromatic carbocycles. The summed E-state index contributed by atoms with van der Waals surface area (Å²) in [5.41, 5.74) is 5.34. The number of hydrogen-bond donors (Lipinski definition) is 1. The van der Waals surface area contributed by atoms with E-state index in [1.807, 2.05) is 76.1 Å². The third-order valence-electron chi connectivity index (χ3n) is 10.6. The topological polar surface area (TPSA) is 197 Å². The zero-order valence-corrected chi connectivity index (χ0v) is 42.3. The second-order valence-corrected chi connectivity index (χ2v) is 18.8. The maximum absolute atomic E-state index is 13.3.